The highest BCUT2D eigenvalue weighted by Gasteiger charge is 2.26. The highest BCUT2D eigenvalue weighted by molar-refractivity contribution is 5.89. The van der Waals surface area contributed by atoms with Gasteiger partial charge in [0.25, 0.3) is 0 Å². The summed E-state index contributed by atoms with van der Waals surface area (Å²) in [5, 5.41) is 0. The van der Waals surface area contributed by atoms with E-state index in [9.17, 15) is 14.4 Å². The molecule has 0 aliphatic rings. The van der Waals surface area contributed by atoms with Crippen LogP contribution in [0.5, 0.6) is 0 Å². The van der Waals surface area contributed by atoms with E-state index >= 15 is 0 Å². The zero-order valence-electron chi connectivity index (χ0n) is 18.9. The lowest BCUT2D eigenvalue weighted by atomic mass is 10.5. The maximum atomic E-state index is 12.3. The highest BCUT2D eigenvalue weighted by Crippen LogP contribution is 2.19. The maximum Gasteiger partial charge on any atom is 0.416 e. The van der Waals surface area contributed by atoms with Crippen LogP contribution in [0, 0.1) is 0 Å². The Hall–Kier alpha value is -3.18. The molecular weight excluding hydrogens is 396 g/mol. The van der Waals surface area contributed by atoms with Crippen LogP contribution >= 0.6 is 0 Å². The lowest BCUT2D eigenvalue weighted by Crippen LogP contribution is -2.36. The minimum atomic E-state index is -0.715. The third-order valence-electron chi connectivity index (χ3n) is 3.33. The number of anilines is 3. The Morgan fingerprint density at radius 3 is 0.933 bits per heavy atom. The minimum Gasteiger partial charge on any atom is -0.446 e. The van der Waals surface area contributed by atoms with Crippen molar-refractivity contribution in [3.05, 3.63) is 0 Å². The largest absolute Gasteiger partial charge is 0.446 e. The number of amides is 3. The lowest BCUT2D eigenvalue weighted by molar-refractivity contribution is 0.123. The summed E-state index contributed by atoms with van der Waals surface area (Å²) < 4.78 is 15.4. The molecule has 1 heterocycles. The SMILES string of the molecule is CC(C)OC(=O)N(C)c1nc(N(C)C(=O)OC(C)C)nc(N(C)C(=O)OC(C)C)n1. The average molecular weight is 426 g/mol. The van der Waals surface area contributed by atoms with Gasteiger partial charge < -0.3 is 14.2 Å². The van der Waals surface area contributed by atoms with Crippen LogP contribution in [0.1, 0.15) is 41.5 Å². The average Bonchev–Trinajstić information content (AvgIpc) is 2.63. The molecule has 1 aromatic rings. The molecule has 0 N–H and O–H groups in total. The number of carbonyl (C=O) groups excluding carboxylic acids is 3. The fraction of sp³-hybridized carbons (Fsp3) is 0.667. The molecule has 168 valence electrons. The quantitative estimate of drug-likeness (QED) is 0.631. The van der Waals surface area contributed by atoms with Crippen LogP contribution < -0.4 is 14.7 Å². The summed E-state index contributed by atoms with van der Waals surface area (Å²) in [6.45, 7) is 10.2. The van der Waals surface area contributed by atoms with Crippen molar-refractivity contribution in [1.82, 2.24) is 15.0 Å². The molecule has 0 fully saturated rings. The molecule has 0 radical (unpaired) electrons. The second-order valence-corrected chi connectivity index (χ2v) is 7.21. The summed E-state index contributed by atoms with van der Waals surface area (Å²) in [5.41, 5.74) is 0. The van der Waals surface area contributed by atoms with Crippen LogP contribution in [0.3, 0.4) is 0 Å². The number of rotatable bonds is 6. The van der Waals surface area contributed by atoms with Gasteiger partial charge >= 0.3 is 18.3 Å². The Balaban J connectivity index is 3.38. The molecule has 0 bridgehead atoms. The van der Waals surface area contributed by atoms with Gasteiger partial charge in [-0.1, -0.05) is 0 Å². The van der Waals surface area contributed by atoms with Crippen LogP contribution in [-0.2, 0) is 14.2 Å². The predicted molar refractivity (Wildman–Crippen MR) is 110 cm³/mol. The molecule has 0 atom stereocenters. The number of nitrogens with zero attached hydrogens (tertiary/aromatic N) is 6. The molecule has 1 rings (SSSR count). The molecule has 0 aliphatic heterocycles. The first-order valence-electron chi connectivity index (χ1n) is 9.42. The van der Waals surface area contributed by atoms with Gasteiger partial charge in [-0.2, -0.15) is 15.0 Å². The van der Waals surface area contributed by atoms with Gasteiger partial charge in [0.1, 0.15) is 0 Å². The smallest absolute Gasteiger partial charge is 0.416 e. The van der Waals surface area contributed by atoms with Crippen LogP contribution in [0.15, 0.2) is 0 Å². The van der Waals surface area contributed by atoms with Gasteiger partial charge in [0.05, 0.1) is 18.3 Å². The normalized spacial score (nSPS) is 10.8. The van der Waals surface area contributed by atoms with Gasteiger partial charge in [-0.3, -0.25) is 0 Å². The molecule has 1 aromatic heterocycles. The van der Waals surface area contributed by atoms with Crippen molar-refractivity contribution < 1.29 is 28.6 Å². The van der Waals surface area contributed by atoms with E-state index in [0.29, 0.717) is 0 Å². The van der Waals surface area contributed by atoms with Crippen molar-refractivity contribution in [1.29, 1.82) is 0 Å². The second-order valence-electron chi connectivity index (χ2n) is 7.21. The summed E-state index contributed by atoms with van der Waals surface area (Å²) >= 11 is 0. The van der Waals surface area contributed by atoms with E-state index in [2.05, 4.69) is 15.0 Å². The van der Waals surface area contributed by atoms with E-state index in [1.807, 2.05) is 0 Å². The summed E-state index contributed by atoms with van der Waals surface area (Å²) in [6.07, 6.45) is -3.25. The van der Waals surface area contributed by atoms with Gasteiger partial charge in [-0.05, 0) is 41.5 Å². The number of hydrogen-bond donors (Lipinski definition) is 0. The van der Waals surface area contributed by atoms with Crippen molar-refractivity contribution in [2.45, 2.75) is 59.9 Å². The second kappa shape index (κ2) is 10.6. The van der Waals surface area contributed by atoms with Gasteiger partial charge in [0.2, 0.25) is 17.8 Å². The molecule has 30 heavy (non-hydrogen) atoms. The van der Waals surface area contributed by atoms with E-state index in [-0.39, 0.29) is 36.2 Å². The monoisotopic (exact) mass is 426 g/mol. The molecule has 0 aliphatic carbocycles. The fourth-order valence-corrected chi connectivity index (χ4v) is 1.88. The van der Waals surface area contributed by atoms with E-state index in [1.54, 1.807) is 41.5 Å². The van der Waals surface area contributed by atoms with Gasteiger partial charge in [0, 0.05) is 21.1 Å². The molecular formula is C18H30N6O6. The minimum absolute atomic E-state index is 0.131. The Bertz CT molecular complexity index is 657. The van der Waals surface area contributed by atoms with E-state index in [0.717, 1.165) is 14.7 Å². The zero-order valence-corrected chi connectivity index (χ0v) is 18.9. The third-order valence-corrected chi connectivity index (χ3v) is 3.33. The Morgan fingerprint density at radius 2 is 0.767 bits per heavy atom. The third kappa shape index (κ3) is 7.01. The van der Waals surface area contributed by atoms with E-state index < -0.39 is 18.3 Å². The Labute approximate surface area is 176 Å². The fourth-order valence-electron chi connectivity index (χ4n) is 1.88. The molecule has 12 nitrogen and oxygen atoms in total. The number of ether oxygens (including phenoxy) is 3. The highest BCUT2D eigenvalue weighted by atomic mass is 16.6. The molecule has 3 amide bonds. The number of carbonyl (C=O) groups is 3. The van der Waals surface area contributed by atoms with Gasteiger partial charge in [-0.15, -0.1) is 0 Å². The first-order valence-corrected chi connectivity index (χ1v) is 9.42. The van der Waals surface area contributed by atoms with E-state index in [4.69, 9.17) is 14.2 Å². The van der Waals surface area contributed by atoms with E-state index in [1.165, 1.54) is 21.1 Å². The summed E-state index contributed by atoms with van der Waals surface area (Å²) in [7, 11) is 4.19. The first kappa shape index (κ1) is 24.9. The molecule has 0 saturated carbocycles. The van der Waals surface area contributed by atoms with Crippen molar-refractivity contribution in [2.75, 3.05) is 35.8 Å². The summed E-state index contributed by atoms with van der Waals surface area (Å²) in [5.74, 6) is -0.392. The van der Waals surface area contributed by atoms with Crippen molar-refractivity contribution in [3.63, 3.8) is 0 Å². The van der Waals surface area contributed by atoms with Crippen LogP contribution in [0.25, 0.3) is 0 Å². The molecule has 0 aromatic carbocycles. The van der Waals surface area contributed by atoms with Crippen LogP contribution in [0.2, 0.25) is 0 Å². The standard InChI is InChI=1S/C18H30N6O6/c1-10(2)28-16(25)22(7)13-19-14(23(8)17(26)29-11(3)4)21-15(20-13)24(9)18(27)30-12(5)6/h10-12H,1-9H3. The molecule has 0 unspecified atom stereocenters. The molecule has 0 spiro atoms. The lowest BCUT2D eigenvalue weighted by Gasteiger charge is -2.23. The zero-order chi connectivity index (χ0) is 23.2. The summed E-state index contributed by atoms with van der Waals surface area (Å²) in [4.78, 5) is 52.3. The topological polar surface area (TPSA) is 127 Å². The summed E-state index contributed by atoms with van der Waals surface area (Å²) in [6, 6.07) is 0. The molecule has 0 saturated heterocycles. The van der Waals surface area contributed by atoms with Gasteiger partial charge in [0.15, 0.2) is 0 Å². The first-order chi connectivity index (χ1) is 13.8. The number of aromatic nitrogens is 3. The van der Waals surface area contributed by atoms with Crippen molar-refractivity contribution in [3.8, 4) is 0 Å². The maximum absolute atomic E-state index is 12.3. The molecule has 12 heteroatoms. The van der Waals surface area contributed by atoms with Crippen LogP contribution in [-0.4, -0.2) is 72.7 Å². The Kier molecular flexibility index (Phi) is 8.75. The Morgan fingerprint density at radius 1 is 0.567 bits per heavy atom. The predicted octanol–water partition coefficient (Wildman–Crippen LogP) is 2.82. The van der Waals surface area contributed by atoms with Crippen molar-refractivity contribution >= 4 is 36.1 Å². The number of hydrogen-bond acceptors (Lipinski definition) is 9. The van der Waals surface area contributed by atoms with Gasteiger partial charge in [-0.25, -0.2) is 29.1 Å². The van der Waals surface area contributed by atoms with Crippen molar-refractivity contribution in [2.24, 2.45) is 0 Å². The van der Waals surface area contributed by atoms with Crippen LogP contribution in [0.4, 0.5) is 32.2 Å².